The quantitative estimate of drug-likeness (QED) is 0.521. The SMILES string of the molecule is Cc1cc(C)cc(OCCNC(=O)[C@H]2CN(S(=O)(=O)c3ccccc3)c3cc(C)ccc3O2)c1. The molecule has 1 atom stereocenters. The van der Waals surface area contributed by atoms with Crippen LogP contribution in [0.2, 0.25) is 0 Å². The molecule has 8 heteroatoms. The Bertz CT molecular complexity index is 1270. The number of aryl methyl sites for hydroxylation is 3. The van der Waals surface area contributed by atoms with Crippen molar-refractivity contribution >= 4 is 21.6 Å². The van der Waals surface area contributed by atoms with E-state index in [0.717, 1.165) is 22.4 Å². The van der Waals surface area contributed by atoms with Crippen LogP contribution in [0.4, 0.5) is 5.69 Å². The standard InChI is InChI=1S/C26H28N2O5S/c1-18-9-10-24-23(16-18)28(34(30,31)22-7-5-4-6-8-22)17-25(33-24)26(29)27-11-12-32-21-14-19(2)13-20(3)15-21/h4-10,13-16,25H,11-12,17H2,1-3H3,(H,27,29)/t25-/m1/s1. The molecule has 4 rings (SSSR count). The normalized spacial score (nSPS) is 15.3. The van der Waals surface area contributed by atoms with Crippen molar-refractivity contribution in [1.82, 2.24) is 5.32 Å². The first kappa shape index (κ1) is 23.6. The first-order valence-corrected chi connectivity index (χ1v) is 12.5. The zero-order valence-electron chi connectivity index (χ0n) is 19.4. The Balaban J connectivity index is 1.47. The number of nitrogens with one attached hydrogen (secondary N) is 1. The van der Waals surface area contributed by atoms with Gasteiger partial charge in [-0.1, -0.05) is 30.3 Å². The Morgan fingerprint density at radius 1 is 1.00 bits per heavy atom. The van der Waals surface area contributed by atoms with Crippen molar-refractivity contribution in [3.63, 3.8) is 0 Å². The number of hydrogen-bond donors (Lipinski definition) is 1. The van der Waals surface area contributed by atoms with Gasteiger partial charge in [-0.3, -0.25) is 9.10 Å². The lowest BCUT2D eigenvalue weighted by molar-refractivity contribution is -0.127. The number of rotatable bonds is 7. The third-order valence-electron chi connectivity index (χ3n) is 5.47. The summed E-state index contributed by atoms with van der Waals surface area (Å²) in [4.78, 5) is 13.0. The lowest BCUT2D eigenvalue weighted by Gasteiger charge is -2.35. The number of anilines is 1. The molecule has 0 bridgehead atoms. The highest BCUT2D eigenvalue weighted by Crippen LogP contribution is 2.37. The summed E-state index contributed by atoms with van der Waals surface area (Å²) in [5.41, 5.74) is 3.51. The molecule has 1 aliphatic heterocycles. The topological polar surface area (TPSA) is 84.9 Å². The number of sulfonamides is 1. The van der Waals surface area contributed by atoms with Gasteiger partial charge in [-0.15, -0.1) is 0 Å². The number of ether oxygens (including phenoxy) is 2. The lowest BCUT2D eigenvalue weighted by atomic mass is 10.1. The van der Waals surface area contributed by atoms with Crippen LogP contribution < -0.4 is 19.1 Å². The molecule has 0 saturated carbocycles. The van der Waals surface area contributed by atoms with E-state index >= 15 is 0 Å². The van der Waals surface area contributed by atoms with Gasteiger partial charge in [0.15, 0.2) is 6.10 Å². The number of nitrogens with zero attached hydrogens (tertiary/aromatic N) is 1. The maximum Gasteiger partial charge on any atom is 0.264 e. The van der Waals surface area contributed by atoms with Crippen molar-refractivity contribution in [3.05, 3.63) is 83.4 Å². The maximum absolute atomic E-state index is 13.4. The van der Waals surface area contributed by atoms with Crippen LogP contribution in [0.25, 0.3) is 0 Å². The Labute approximate surface area is 200 Å². The van der Waals surface area contributed by atoms with Crippen molar-refractivity contribution in [1.29, 1.82) is 0 Å². The van der Waals surface area contributed by atoms with Crippen LogP contribution in [0.15, 0.2) is 71.6 Å². The van der Waals surface area contributed by atoms with Crippen LogP contribution >= 0.6 is 0 Å². The molecule has 0 saturated heterocycles. The van der Waals surface area contributed by atoms with Crippen molar-refractivity contribution in [2.24, 2.45) is 0 Å². The molecule has 1 amide bonds. The Hall–Kier alpha value is -3.52. The molecule has 1 aliphatic rings. The van der Waals surface area contributed by atoms with Crippen LogP contribution in [0, 0.1) is 20.8 Å². The summed E-state index contributed by atoms with van der Waals surface area (Å²) in [7, 11) is -3.88. The Morgan fingerprint density at radius 3 is 2.41 bits per heavy atom. The second kappa shape index (κ2) is 9.77. The number of benzene rings is 3. The molecule has 3 aromatic rings. The molecule has 34 heavy (non-hydrogen) atoms. The average molecular weight is 481 g/mol. The lowest BCUT2D eigenvalue weighted by Crippen LogP contribution is -2.51. The molecule has 0 unspecified atom stereocenters. The van der Waals surface area contributed by atoms with Crippen LogP contribution in [0.3, 0.4) is 0 Å². The van der Waals surface area contributed by atoms with Gasteiger partial charge < -0.3 is 14.8 Å². The molecule has 7 nitrogen and oxygen atoms in total. The summed E-state index contributed by atoms with van der Waals surface area (Å²) in [5, 5.41) is 2.80. The van der Waals surface area contributed by atoms with Crippen LogP contribution in [-0.4, -0.2) is 40.1 Å². The molecule has 1 N–H and O–H groups in total. The van der Waals surface area contributed by atoms with Crippen LogP contribution in [-0.2, 0) is 14.8 Å². The maximum atomic E-state index is 13.4. The zero-order valence-corrected chi connectivity index (χ0v) is 20.3. The number of hydrogen-bond acceptors (Lipinski definition) is 5. The van der Waals surface area contributed by atoms with E-state index in [-0.39, 0.29) is 24.6 Å². The number of fused-ring (bicyclic) bond motifs is 1. The number of amides is 1. The van der Waals surface area contributed by atoms with E-state index in [1.165, 1.54) is 4.31 Å². The van der Waals surface area contributed by atoms with Crippen molar-refractivity contribution in [3.8, 4) is 11.5 Å². The third-order valence-corrected chi connectivity index (χ3v) is 7.27. The molecule has 0 aliphatic carbocycles. The number of carbonyl (C=O) groups excluding carboxylic acids is 1. The average Bonchev–Trinajstić information content (AvgIpc) is 2.81. The molecule has 0 radical (unpaired) electrons. The second-order valence-corrected chi connectivity index (χ2v) is 10.3. The fourth-order valence-electron chi connectivity index (χ4n) is 3.92. The molecule has 3 aromatic carbocycles. The van der Waals surface area contributed by atoms with E-state index in [0.29, 0.717) is 11.4 Å². The van der Waals surface area contributed by atoms with E-state index in [1.54, 1.807) is 42.5 Å². The van der Waals surface area contributed by atoms with Crippen molar-refractivity contribution in [2.45, 2.75) is 31.8 Å². The fourth-order valence-corrected chi connectivity index (χ4v) is 5.41. The zero-order chi connectivity index (χ0) is 24.3. The van der Waals surface area contributed by atoms with Gasteiger partial charge in [0.2, 0.25) is 0 Å². The summed E-state index contributed by atoms with van der Waals surface area (Å²) in [6.45, 7) is 6.29. The summed E-state index contributed by atoms with van der Waals surface area (Å²) < 4.78 is 39.7. The highest BCUT2D eigenvalue weighted by Gasteiger charge is 2.37. The molecule has 0 spiro atoms. The number of carbonyl (C=O) groups is 1. The van der Waals surface area contributed by atoms with Gasteiger partial charge in [0.25, 0.3) is 15.9 Å². The predicted molar refractivity (Wildman–Crippen MR) is 131 cm³/mol. The van der Waals surface area contributed by atoms with E-state index in [2.05, 4.69) is 11.4 Å². The van der Waals surface area contributed by atoms with Crippen LogP contribution in [0.1, 0.15) is 16.7 Å². The Morgan fingerprint density at radius 2 is 1.71 bits per heavy atom. The molecular weight excluding hydrogens is 452 g/mol. The van der Waals surface area contributed by atoms with E-state index in [4.69, 9.17) is 9.47 Å². The highest BCUT2D eigenvalue weighted by molar-refractivity contribution is 7.92. The first-order valence-electron chi connectivity index (χ1n) is 11.1. The summed E-state index contributed by atoms with van der Waals surface area (Å²) >= 11 is 0. The summed E-state index contributed by atoms with van der Waals surface area (Å²) in [6.07, 6.45) is -0.991. The van der Waals surface area contributed by atoms with Gasteiger partial charge in [-0.2, -0.15) is 0 Å². The first-order chi connectivity index (χ1) is 16.2. The second-order valence-electron chi connectivity index (χ2n) is 8.39. The molecule has 0 fully saturated rings. The third kappa shape index (κ3) is 5.17. The smallest absolute Gasteiger partial charge is 0.264 e. The molecule has 178 valence electrons. The minimum Gasteiger partial charge on any atom is -0.492 e. The monoisotopic (exact) mass is 480 g/mol. The van der Waals surface area contributed by atoms with Gasteiger partial charge >= 0.3 is 0 Å². The van der Waals surface area contributed by atoms with Gasteiger partial charge in [0, 0.05) is 0 Å². The molecular formula is C26H28N2O5S. The summed E-state index contributed by atoms with van der Waals surface area (Å²) in [6, 6.07) is 19.4. The predicted octanol–water partition coefficient (Wildman–Crippen LogP) is 3.76. The Kier molecular flexibility index (Phi) is 6.79. The minimum absolute atomic E-state index is 0.128. The van der Waals surface area contributed by atoms with Gasteiger partial charge in [-0.05, 0) is 73.9 Å². The van der Waals surface area contributed by atoms with Crippen LogP contribution in [0.5, 0.6) is 11.5 Å². The summed E-state index contributed by atoms with van der Waals surface area (Å²) in [5.74, 6) is 0.691. The van der Waals surface area contributed by atoms with E-state index < -0.39 is 22.0 Å². The van der Waals surface area contributed by atoms with E-state index in [9.17, 15) is 13.2 Å². The molecule has 0 aromatic heterocycles. The fraction of sp³-hybridized carbons (Fsp3) is 0.269. The highest BCUT2D eigenvalue weighted by atomic mass is 32.2. The van der Waals surface area contributed by atoms with E-state index in [1.807, 2.05) is 39.0 Å². The van der Waals surface area contributed by atoms with Gasteiger partial charge in [-0.25, -0.2) is 8.42 Å². The van der Waals surface area contributed by atoms with Crippen molar-refractivity contribution in [2.75, 3.05) is 24.0 Å². The molecule has 1 heterocycles. The largest absolute Gasteiger partial charge is 0.492 e. The van der Waals surface area contributed by atoms with Crippen molar-refractivity contribution < 1.29 is 22.7 Å². The van der Waals surface area contributed by atoms with Gasteiger partial charge in [0.1, 0.15) is 18.1 Å². The van der Waals surface area contributed by atoms with Gasteiger partial charge in [0.05, 0.1) is 23.7 Å². The minimum atomic E-state index is -3.88.